The summed E-state index contributed by atoms with van der Waals surface area (Å²) in [6, 6.07) is 7.63. The van der Waals surface area contributed by atoms with E-state index in [-0.39, 0.29) is 0 Å². The molecule has 3 heterocycles. The van der Waals surface area contributed by atoms with Gasteiger partial charge in [-0.1, -0.05) is 17.7 Å². The Kier molecular flexibility index (Phi) is 7.93. The summed E-state index contributed by atoms with van der Waals surface area (Å²) in [6.45, 7) is 5.21. The summed E-state index contributed by atoms with van der Waals surface area (Å²) < 4.78 is 20.7. The minimum absolute atomic E-state index is 0.650. The van der Waals surface area contributed by atoms with Gasteiger partial charge >= 0.3 is 0 Å². The number of fused-ring (bicyclic) bond motifs is 1. The standard InChI is InChI=1S/C20H18ClN5O.CH4FO2P/c1-12-13(2)26(11-24-12)20-19(27-3)7-16(9-23-20)25-18-10-22-8-14-6-15(21)4-5-17(14)18;1-5(3)4-2/h4-11,25H,1-3H3;3H,1H3. The zero-order valence-corrected chi connectivity index (χ0v) is 19.5. The molecule has 1 aromatic carbocycles. The Morgan fingerprint density at radius 1 is 1.16 bits per heavy atom. The Morgan fingerprint density at radius 2 is 1.91 bits per heavy atom. The van der Waals surface area contributed by atoms with E-state index in [1.807, 2.05) is 42.7 Å². The van der Waals surface area contributed by atoms with Gasteiger partial charge in [0.1, 0.15) is 6.33 Å². The zero-order valence-electron chi connectivity index (χ0n) is 17.9. The number of aromatic nitrogens is 4. The molecule has 4 aromatic rings. The van der Waals surface area contributed by atoms with E-state index in [4.69, 9.17) is 21.2 Å². The van der Waals surface area contributed by atoms with Gasteiger partial charge in [0.05, 0.1) is 36.6 Å². The summed E-state index contributed by atoms with van der Waals surface area (Å²) in [5.41, 5.74) is 3.66. The quantitative estimate of drug-likeness (QED) is 0.358. The van der Waals surface area contributed by atoms with Gasteiger partial charge in [-0.05, 0) is 30.5 Å². The maximum Gasteiger partial charge on any atom is 0.209 e. The summed E-state index contributed by atoms with van der Waals surface area (Å²) in [5, 5.41) is 6.04. The van der Waals surface area contributed by atoms with E-state index in [2.05, 4.69) is 25.0 Å². The largest absolute Gasteiger partial charge is 0.493 e. The van der Waals surface area contributed by atoms with Crippen LogP contribution in [0.2, 0.25) is 5.02 Å². The molecule has 11 heteroatoms. The number of methoxy groups -OCH3 is 1. The van der Waals surface area contributed by atoms with Gasteiger partial charge in [-0.15, -0.1) is 4.73 Å². The van der Waals surface area contributed by atoms with Crippen LogP contribution >= 0.6 is 20.0 Å². The maximum atomic E-state index is 10.4. The summed E-state index contributed by atoms with van der Waals surface area (Å²) in [5.74, 6) is 1.35. The summed E-state index contributed by atoms with van der Waals surface area (Å²) in [4.78, 5) is 21.0. The van der Waals surface area contributed by atoms with Gasteiger partial charge in [-0.2, -0.15) is 0 Å². The third-order valence-corrected chi connectivity index (χ3v) is 5.07. The number of pyridine rings is 2. The van der Waals surface area contributed by atoms with E-state index in [1.165, 1.54) is 6.66 Å². The van der Waals surface area contributed by atoms with Gasteiger partial charge in [-0.25, -0.2) is 9.97 Å². The molecule has 0 saturated heterocycles. The van der Waals surface area contributed by atoms with Gasteiger partial charge in [0.25, 0.3) is 0 Å². The van der Waals surface area contributed by atoms with Crippen LogP contribution in [0.25, 0.3) is 16.6 Å². The van der Waals surface area contributed by atoms with Crippen LogP contribution in [0.5, 0.6) is 5.75 Å². The molecule has 0 amide bonds. The van der Waals surface area contributed by atoms with Gasteiger partial charge in [0.15, 0.2) is 11.6 Å². The number of anilines is 2. The van der Waals surface area contributed by atoms with Crippen LogP contribution in [0.3, 0.4) is 0 Å². The number of imidazole rings is 1. The Hall–Kier alpha value is -2.84. The van der Waals surface area contributed by atoms with Crippen molar-refractivity contribution >= 4 is 42.1 Å². The number of nitrogens with zero attached hydrogens (tertiary/aromatic N) is 4. The maximum absolute atomic E-state index is 10.4. The fourth-order valence-electron chi connectivity index (χ4n) is 2.95. The Bertz CT molecular complexity index is 1220. The molecular formula is C21H22ClFN5O3P. The first-order valence-corrected chi connectivity index (χ1v) is 11.4. The first-order valence-electron chi connectivity index (χ1n) is 9.40. The van der Waals surface area contributed by atoms with Gasteiger partial charge < -0.3 is 14.9 Å². The predicted octanol–water partition coefficient (Wildman–Crippen LogP) is 5.66. The Labute approximate surface area is 190 Å². The SMILES string of the molecule is COc1cc(Nc2cncc3cc(Cl)ccc23)cnc1-n1cnc(C)c1C.CP(O)OF. The topological polar surface area (TPSA) is 94.3 Å². The predicted molar refractivity (Wildman–Crippen MR) is 125 cm³/mol. The summed E-state index contributed by atoms with van der Waals surface area (Å²) >= 11 is 6.08. The molecule has 1 unspecified atom stereocenters. The monoisotopic (exact) mass is 477 g/mol. The van der Waals surface area contributed by atoms with Crippen LogP contribution in [0.1, 0.15) is 11.4 Å². The van der Waals surface area contributed by atoms with Crippen LogP contribution in [-0.2, 0) is 4.73 Å². The van der Waals surface area contributed by atoms with Crippen molar-refractivity contribution in [3.8, 4) is 11.6 Å². The fourth-order valence-corrected chi connectivity index (χ4v) is 3.13. The molecule has 0 bridgehead atoms. The number of ether oxygens (including phenoxy) is 1. The third kappa shape index (κ3) is 5.49. The van der Waals surface area contributed by atoms with Crippen molar-refractivity contribution < 1.29 is 18.9 Å². The highest BCUT2D eigenvalue weighted by Crippen LogP contribution is 2.30. The van der Waals surface area contributed by atoms with Crippen LogP contribution in [-0.4, -0.2) is 38.2 Å². The van der Waals surface area contributed by atoms with E-state index in [1.54, 1.807) is 32.0 Å². The molecule has 8 nitrogen and oxygen atoms in total. The van der Waals surface area contributed by atoms with E-state index in [0.29, 0.717) is 16.6 Å². The smallest absolute Gasteiger partial charge is 0.209 e. The third-order valence-electron chi connectivity index (χ3n) is 4.63. The number of rotatable bonds is 5. The number of hydrogen-bond donors (Lipinski definition) is 2. The second-order valence-electron chi connectivity index (χ2n) is 6.75. The van der Waals surface area contributed by atoms with Crippen molar-refractivity contribution in [3.05, 3.63) is 65.6 Å². The first kappa shape index (κ1) is 23.8. The van der Waals surface area contributed by atoms with Gasteiger partial charge in [0.2, 0.25) is 8.38 Å². The molecule has 4 rings (SSSR count). The highest BCUT2D eigenvalue weighted by atomic mass is 35.5. The number of aryl methyl sites for hydroxylation is 1. The van der Waals surface area contributed by atoms with Crippen molar-refractivity contribution in [2.75, 3.05) is 19.1 Å². The lowest BCUT2D eigenvalue weighted by Crippen LogP contribution is -2.03. The molecule has 0 saturated carbocycles. The van der Waals surface area contributed by atoms with Crippen LogP contribution in [0.4, 0.5) is 15.9 Å². The lowest BCUT2D eigenvalue weighted by Gasteiger charge is -2.14. The second-order valence-corrected chi connectivity index (χ2v) is 8.25. The molecule has 0 radical (unpaired) electrons. The number of hydrogen-bond acceptors (Lipinski definition) is 7. The van der Waals surface area contributed by atoms with Crippen LogP contribution in [0.15, 0.2) is 49.2 Å². The molecule has 0 aliphatic heterocycles. The van der Waals surface area contributed by atoms with Crippen LogP contribution < -0.4 is 10.1 Å². The fraction of sp³-hybridized carbons (Fsp3) is 0.190. The summed E-state index contributed by atoms with van der Waals surface area (Å²) in [6.07, 6.45) is 7.08. The zero-order chi connectivity index (χ0) is 23.3. The first-order chi connectivity index (χ1) is 15.3. The van der Waals surface area contributed by atoms with Crippen molar-refractivity contribution in [1.82, 2.24) is 19.5 Å². The Balaban J connectivity index is 0.000000523. The highest BCUT2D eigenvalue weighted by molar-refractivity contribution is 7.45. The average Bonchev–Trinajstić information content (AvgIpc) is 3.12. The highest BCUT2D eigenvalue weighted by Gasteiger charge is 2.13. The van der Waals surface area contributed by atoms with Gasteiger partial charge in [0, 0.05) is 40.4 Å². The van der Waals surface area contributed by atoms with E-state index >= 15 is 0 Å². The molecule has 2 N–H and O–H groups in total. The lowest BCUT2D eigenvalue weighted by atomic mass is 10.1. The second kappa shape index (κ2) is 10.7. The summed E-state index contributed by atoms with van der Waals surface area (Å²) in [7, 11) is -0.135. The number of nitrogens with one attached hydrogen (secondary N) is 1. The van der Waals surface area contributed by atoms with E-state index in [9.17, 15) is 4.53 Å². The lowest BCUT2D eigenvalue weighted by molar-refractivity contribution is -0.00224. The molecule has 0 fully saturated rings. The average molecular weight is 478 g/mol. The molecule has 0 spiro atoms. The van der Waals surface area contributed by atoms with Crippen molar-refractivity contribution in [3.63, 3.8) is 0 Å². The Morgan fingerprint density at radius 3 is 2.53 bits per heavy atom. The molecular weight excluding hydrogens is 456 g/mol. The van der Waals surface area contributed by atoms with Gasteiger partial charge in [-0.3, -0.25) is 9.55 Å². The van der Waals surface area contributed by atoms with E-state index < -0.39 is 8.38 Å². The molecule has 168 valence electrons. The number of benzene rings is 1. The number of halogens is 2. The molecule has 0 aliphatic carbocycles. The minimum atomic E-state index is -1.76. The molecule has 1 atom stereocenters. The van der Waals surface area contributed by atoms with Crippen molar-refractivity contribution in [1.29, 1.82) is 0 Å². The molecule has 32 heavy (non-hydrogen) atoms. The minimum Gasteiger partial charge on any atom is -0.493 e. The normalized spacial score (nSPS) is 11.6. The van der Waals surface area contributed by atoms with E-state index in [0.717, 1.165) is 33.5 Å². The van der Waals surface area contributed by atoms with Crippen molar-refractivity contribution in [2.45, 2.75) is 13.8 Å². The molecule has 0 aliphatic rings. The van der Waals surface area contributed by atoms with Crippen LogP contribution in [0, 0.1) is 13.8 Å². The van der Waals surface area contributed by atoms with Crippen molar-refractivity contribution in [2.24, 2.45) is 0 Å². The molecule has 3 aromatic heterocycles.